The van der Waals surface area contributed by atoms with Gasteiger partial charge in [-0.1, -0.05) is 121 Å². The molecule has 0 amide bonds. The molecule has 0 aliphatic heterocycles. The highest BCUT2D eigenvalue weighted by atomic mass is 35.5. The van der Waals surface area contributed by atoms with Gasteiger partial charge in [0.2, 0.25) is 10.0 Å². The van der Waals surface area contributed by atoms with E-state index in [0.717, 1.165) is 47.2 Å². The molecule has 0 atom stereocenters. The lowest BCUT2D eigenvalue weighted by Crippen LogP contribution is -2.36. The third-order valence-corrected chi connectivity index (χ3v) is 9.86. The van der Waals surface area contributed by atoms with Crippen LogP contribution in [-0.4, -0.2) is 35.1 Å². The zero-order chi connectivity index (χ0) is 29.4. The number of halogens is 1. The first kappa shape index (κ1) is 29.8. The minimum atomic E-state index is -3.34. The van der Waals surface area contributed by atoms with Crippen molar-refractivity contribution in [3.8, 4) is 0 Å². The number of aromatic nitrogens is 2. The number of benzene rings is 4. The third kappa shape index (κ3) is 6.67. The largest absolute Gasteiger partial charge is 0.319 e. The van der Waals surface area contributed by atoms with Crippen LogP contribution in [0, 0.1) is 0 Å². The van der Waals surface area contributed by atoms with Gasteiger partial charge >= 0.3 is 0 Å². The number of nitrogens with zero attached hydrogens (tertiary/aromatic N) is 3. The van der Waals surface area contributed by atoms with Crippen molar-refractivity contribution in [3.63, 3.8) is 0 Å². The average Bonchev–Trinajstić information content (AvgIpc) is 3.49. The summed E-state index contributed by atoms with van der Waals surface area (Å²) in [5.74, 6) is 0.130. The Kier molecular flexibility index (Phi) is 9.58. The van der Waals surface area contributed by atoms with Gasteiger partial charge in [0, 0.05) is 24.8 Å². The molecule has 5 aromatic rings. The first-order valence-corrected chi connectivity index (χ1v) is 16.3. The number of imidazole rings is 1. The second-order valence-corrected chi connectivity index (χ2v) is 13.2. The van der Waals surface area contributed by atoms with E-state index in [0.29, 0.717) is 18.0 Å². The van der Waals surface area contributed by atoms with E-state index >= 15 is 0 Å². The van der Waals surface area contributed by atoms with Gasteiger partial charge in [-0.05, 0) is 53.6 Å². The zero-order valence-electron chi connectivity index (χ0n) is 23.8. The molecule has 0 radical (unpaired) electrons. The van der Waals surface area contributed by atoms with Gasteiger partial charge in [-0.2, -0.15) is 0 Å². The molecular formula is C35H36ClN3O2S. The zero-order valence-corrected chi connectivity index (χ0v) is 25.4. The Morgan fingerprint density at radius 2 is 1.26 bits per heavy atom. The summed E-state index contributed by atoms with van der Waals surface area (Å²) in [6, 6.07) is 38.9. The van der Waals surface area contributed by atoms with Gasteiger partial charge in [-0.25, -0.2) is 17.7 Å². The van der Waals surface area contributed by atoms with Crippen molar-refractivity contribution in [1.82, 2.24) is 13.9 Å². The number of hydrogen-bond donors (Lipinski definition) is 0. The van der Waals surface area contributed by atoms with Crippen LogP contribution in [0.3, 0.4) is 0 Å². The van der Waals surface area contributed by atoms with E-state index in [9.17, 15) is 8.42 Å². The van der Waals surface area contributed by atoms with Gasteiger partial charge < -0.3 is 4.57 Å². The summed E-state index contributed by atoms with van der Waals surface area (Å²) in [5, 5.41) is 0.639. The second-order valence-electron chi connectivity index (χ2n) is 10.6. The molecule has 0 aliphatic rings. The van der Waals surface area contributed by atoms with Crippen LogP contribution in [0.2, 0.25) is 5.02 Å². The van der Waals surface area contributed by atoms with Crippen LogP contribution in [0.25, 0.3) is 0 Å². The molecule has 7 heteroatoms. The van der Waals surface area contributed by atoms with Crippen LogP contribution >= 0.6 is 11.6 Å². The quantitative estimate of drug-likeness (QED) is 0.104. The maximum absolute atomic E-state index is 12.8. The highest BCUT2D eigenvalue weighted by Gasteiger charge is 2.38. The average molecular weight is 598 g/mol. The van der Waals surface area contributed by atoms with E-state index < -0.39 is 15.6 Å². The van der Waals surface area contributed by atoms with E-state index in [4.69, 9.17) is 16.6 Å². The molecule has 4 aromatic carbocycles. The van der Waals surface area contributed by atoms with E-state index in [1.54, 1.807) is 19.2 Å². The first-order valence-electron chi connectivity index (χ1n) is 14.3. The van der Waals surface area contributed by atoms with Crippen molar-refractivity contribution >= 4 is 21.6 Å². The molecule has 0 unspecified atom stereocenters. The predicted molar refractivity (Wildman–Crippen MR) is 171 cm³/mol. The fraction of sp³-hybridized carbons (Fsp3) is 0.229. The minimum Gasteiger partial charge on any atom is -0.319 e. The van der Waals surface area contributed by atoms with Gasteiger partial charge in [-0.15, -0.1) is 0 Å². The standard InChI is InChI=1S/C35H36ClN3O2S/c1-38(26-29-21-23-33(36)24-22-29)42(40,41)25-13-5-12-20-34-27-39(28-37-34)35(30-14-6-2-7-15-30,31-16-8-3-9-17-31)32-18-10-4-11-19-32/h2-4,6-11,14-19,21-24,27-28H,5,12-13,20,25-26H2,1H3. The van der Waals surface area contributed by atoms with Crippen molar-refractivity contribution < 1.29 is 8.42 Å². The Labute approximate surface area is 254 Å². The third-order valence-electron chi connectivity index (χ3n) is 7.73. The fourth-order valence-corrected chi connectivity index (χ4v) is 6.88. The SMILES string of the molecule is CN(Cc1ccc(Cl)cc1)S(=O)(=O)CCCCCc1cn(C(c2ccccc2)(c2ccccc2)c2ccccc2)cn1. The Morgan fingerprint density at radius 1 is 0.738 bits per heavy atom. The number of aryl methyl sites for hydroxylation is 1. The molecule has 5 nitrogen and oxygen atoms in total. The van der Waals surface area contributed by atoms with Crippen LogP contribution in [-0.2, 0) is 28.5 Å². The number of sulfonamides is 1. The summed E-state index contributed by atoms with van der Waals surface area (Å²) in [6.45, 7) is 0.336. The van der Waals surface area contributed by atoms with Gasteiger partial charge in [0.05, 0.1) is 17.8 Å². The molecule has 1 aromatic heterocycles. The summed E-state index contributed by atoms with van der Waals surface area (Å²) in [6.07, 6.45) is 7.13. The van der Waals surface area contributed by atoms with Gasteiger partial charge in [-0.3, -0.25) is 0 Å². The van der Waals surface area contributed by atoms with Crippen LogP contribution in [0.5, 0.6) is 0 Å². The summed E-state index contributed by atoms with van der Waals surface area (Å²) in [7, 11) is -1.71. The maximum atomic E-state index is 12.8. The topological polar surface area (TPSA) is 55.2 Å². The summed E-state index contributed by atoms with van der Waals surface area (Å²) < 4.78 is 29.3. The molecule has 0 N–H and O–H groups in total. The molecule has 0 bridgehead atoms. The highest BCUT2D eigenvalue weighted by Crippen LogP contribution is 2.40. The Hall–Kier alpha value is -3.71. The van der Waals surface area contributed by atoms with Crippen LogP contribution < -0.4 is 0 Å². The highest BCUT2D eigenvalue weighted by molar-refractivity contribution is 7.89. The monoisotopic (exact) mass is 597 g/mol. The lowest BCUT2D eigenvalue weighted by Gasteiger charge is -2.37. The number of hydrogen-bond acceptors (Lipinski definition) is 3. The van der Waals surface area contributed by atoms with Crippen molar-refractivity contribution in [2.45, 2.75) is 37.8 Å². The van der Waals surface area contributed by atoms with Crippen molar-refractivity contribution in [2.24, 2.45) is 0 Å². The van der Waals surface area contributed by atoms with Crippen LogP contribution in [0.4, 0.5) is 0 Å². The Morgan fingerprint density at radius 3 is 1.79 bits per heavy atom. The molecule has 5 rings (SSSR count). The molecule has 0 saturated carbocycles. The molecule has 1 heterocycles. The summed E-state index contributed by atoms with van der Waals surface area (Å²) in [4.78, 5) is 4.81. The van der Waals surface area contributed by atoms with E-state index in [1.165, 1.54) is 4.31 Å². The number of rotatable bonds is 13. The minimum absolute atomic E-state index is 0.130. The molecular weight excluding hydrogens is 562 g/mol. The Bertz CT molecular complexity index is 1560. The van der Waals surface area contributed by atoms with E-state index in [-0.39, 0.29) is 5.75 Å². The molecule has 0 fully saturated rings. The number of unbranched alkanes of at least 4 members (excludes halogenated alkanes) is 2. The second kappa shape index (κ2) is 13.5. The van der Waals surface area contributed by atoms with Gasteiger partial charge in [0.25, 0.3) is 0 Å². The van der Waals surface area contributed by atoms with Gasteiger partial charge in [0.15, 0.2) is 0 Å². The first-order chi connectivity index (χ1) is 20.4. The van der Waals surface area contributed by atoms with E-state index in [2.05, 4.69) is 83.6 Å². The summed E-state index contributed by atoms with van der Waals surface area (Å²) >= 11 is 5.95. The van der Waals surface area contributed by atoms with Crippen molar-refractivity contribution in [1.29, 1.82) is 0 Å². The Balaban J connectivity index is 1.28. The molecule has 216 valence electrons. The van der Waals surface area contributed by atoms with Crippen molar-refractivity contribution in [2.75, 3.05) is 12.8 Å². The van der Waals surface area contributed by atoms with Gasteiger partial charge in [0.1, 0.15) is 5.54 Å². The van der Waals surface area contributed by atoms with Crippen molar-refractivity contribution in [3.05, 3.63) is 161 Å². The molecule has 0 saturated heterocycles. The lowest BCUT2D eigenvalue weighted by molar-refractivity contribution is 0.464. The summed E-state index contributed by atoms with van der Waals surface area (Å²) in [5.41, 5.74) is 4.78. The van der Waals surface area contributed by atoms with Crippen LogP contribution in [0.1, 0.15) is 47.2 Å². The lowest BCUT2D eigenvalue weighted by atomic mass is 9.77. The fourth-order valence-electron chi connectivity index (χ4n) is 5.53. The molecule has 0 spiro atoms. The maximum Gasteiger partial charge on any atom is 0.214 e. The van der Waals surface area contributed by atoms with E-state index in [1.807, 2.05) is 36.7 Å². The molecule has 42 heavy (non-hydrogen) atoms. The van der Waals surface area contributed by atoms with Crippen LogP contribution in [0.15, 0.2) is 128 Å². The smallest absolute Gasteiger partial charge is 0.214 e. The predicted octanol–water partition coefficient (Wildman–Crippen LogP) is 7.55. The normalized spacial score (nSPS) is 12.1. The molecule has 0 aliphatic carbocycles.